The van der Waals surface area contributed by atoms with E-state index in [1.54, 1.807) is 36.1 Å². The molecule has 1 fully saturated rings. The molecule has 6 heteroatoms. The Morgan fingerprint density at radius 1 is 1.17 bits per heavy atom. The van der Waals surface area contributed by atoms with Crippen molar-refractivity contribution in [3.63, 3.8) is 0 Å². The molecule has 3 rings (SSSR count). The van der Waals surface area contributed by atoms with Crippen LogP contribution < -0.4 is 10.3 Å². The third-order valence-corrected chi connectivity index (χ3v) is 4.32. The van der Waals surface area contributed by atoms with Crippen LogP contribution >= 0.6 is 0 Å². The number of methoxy groups -OCH3 is 1. The molecular weight excluding hydrogens is 308 g/mol. The minimum atomic E-state index is -0.0825. The maximum Gasteiger partial charge on any atom is 0.260 e. The molecule has 0 atom stereocenters. The number of aromatic nitrogens is 1. The van der Waals surface area contributed by atoms with E-state index in [0.717, 1.165) is 31.3 Å². The molecule has 0 saturated carbocycles. The number of ether oxygens (including phenoxy) is 2. The van der Waals surface area contributed by atoms with Crippen molar-refractivity contribution in [3.05, 3.63) is 40.8 Å². The van der Waals surface area contributed by atoms with E-state index < -0.39 is 0 Å². The predicted octanol–water partition coefficient (Wildman–Crippen LogP) is 1.65. The third-order valence-electron chi connectivity index (χ3n) is 4.32. The number of likely N-dealkylation sites (tertiary alicyclic amines) is 1. The highest BCUT2D eigenvalue weighted by Crippen LogP contribution is 2.23. The van der Waals surface area contributed by atoms with E-state index in [2.05, 4.69) is 0 Å². The van der Waals surface area contributed by atoms with Gasteiger partial charge in [-0.2, -0.15) is 0 Å². The molecule has 0 N–H and O–H groups in total. The van der Waals surface area contributed by atoms with Crippen LogP contribution in [-0.2, 0) is 16.1 Å². The molecule has 2 aromatic rings. The van der Waals surface area contributed by atoms with Crippen molar-refractivity contribution < 1.29 is 14.3 Å². The minimum Gasteiger partial charge on any atom is -0.483 e. The Balaban J connectivity index is 1.79. The van der Waals surface area contributed by atoms with Crippen molar-refractivity contribution >= 4 is 16.7 Å². The molecular formula is C18H22N2O4. The van der Waals surface area contributed by atoms with Gasteiger partial charge >= 0.3 is 0 Å². The summed E-state index contributed by atoms with van der Waals surface area (Å²) in [7, 11) is 1.61. The van der Waals surface area contributed by atoms with Gasteiger partial charge in [0.25, 0.3) is 11.5 Å². The summed E-state index contributed by atoms with van der Waals surface area (Å²) in [6.07, 6.45) is 3.85. The van der Waals surface area contributed by atoms with Crippen LogP contribution in [0, 0.1) is 0 Å². The summed E-state index contributed by atoms with van der Waals surface area (Å²) in [5.74, 6) is 0.564. The fourth-order valence-electron chi connectivity index (χ4n) is 2.98. The Hall–Kier alpha value is -2.34. The van der Waals surface area contributed by atoms with Crippen LogP contribution in [0.3, 0.4) is 0 Å². The molecule has 24 heavy (non-hydrogen) atoms. The summed E-state index contributed by atoms with van der Waals surface area (Å²) in [6, 6.07) is 7.19. The zero-order valence-corrected chi connectivity index (χ0v) is 13.9. The second-order valence-corrected chi connectivity index (χ2v) is 5.90. The summed E-state index contributed by atoms with van der Waals surface area (Å²) in [5.41, 5.74) is -0.0825. The maximum atomic E-state index is 12.5. The zero-order chi connectivity index (χ0) is 16.9. The lowest BCUT2D eigenvalue weighted by Crippen LogP contribution is -2.32. The number of hydrogen-bond donors (Lipinski definition) is 0. The number of amides is 1. The van der Waals surface area contributed by atoms with Crippen LogP contribution in [0.15, 0.2) is 35.3 Å². The van der Waals surface area contributed by atoms with E-state index in [4.69, 9.17) is 9.47 Å². The van der Waals surface area contributed by atoms with Gasteiger partial charge in [-0.15, -0.1) is 0 Å². The highest BCUT2D eigenvalue weighted by atomic mass is 16.5. The fraction of sp³-hybridized carbons (Fsp3) is 0.444. The summed E-state index contributed by atoms with van der Waals surface area (Å²) in [6.45, 7) is 2.60. The van der Waals surface area contributed by atoms with Gasteiger partial charge in [0, 0.05) is 38.3 Å². The van der Waals surface area contributed by atoms with Crippen molar-refractivity contribution in [1.82, 2.24) is 9.47 Å². The topological polar surface area (TPSA) is 60.8 Å². The van der Waals surface area contributed by atoms with Crippen molar-refractivity contribution in [3.8, 4) is 5.75 Å². The first-order valence-corrected chi connectivity index (χ1v) is 8.22. The first-order chi connectivity index (χ1) is 11.7. The van der Waals surface area contributed by atoms with Gasteiger partial charge < -0.3 is 18.9 Å². The quantitative estimate of drug-likeness (QED) is 0.808. The molecule has 1 amide bonds. The largest absolute Gasteiger partial charge is 0.483 e. The van der Waals surface area contributed by atoms with E-state index in [9.17, 15) is 9.59 Å². The van der Waals surface area contributed by atoms with E-state index in [1.807, 2.05) is 11.0 Å². The Morgan fingerprint density at radius 3 is 2.71 bits per heavy atom. The van der Waals surface area contributed by atoms with Gasteiger partial charge in [-0.3, -0.25) is 9.59 Å². The van der Waals surface area contributed by atoms with Crippen LogP contribution in [0.2, 0.25) is 0 Å². The highest BCUT2D eigenvalue weighted by Gasteiger charge is 2.18. The molecule has 0 bridgehead atoms. The molecule has 1 aromatic heterocycles. The monoisotopic (exact) mass is 330 g/mol. The minimum absolute atomic E-state index is 0.00191. The van der Waals surface area contributed by atoms with E-state index in [-0.39, 0.29) is 18.1 Å². The zero-order valence-electron chi connectivity index (χ0n) is 13.9. The van der Waals surface area contributed by atoms with Crippen LogP contribution in [0.25, 0.3) is 10.8 Å². The smallest absolute Gasteiger partial charge is 0.260 e. The number of carbonyl (C=O) groups excluding carboxylic acids is 1. The Labute approximate surface area is 140 Å². The Bertz CT molecular complexity index is 778. The summed E-state index contributed by atoms with van der Waals surface area (Å²) >= 11 is 0. The van der Waals surface area contributed by atoms with Gasteiger partial charge in [0.2, 0.25) is 0 Å². The van der Waals surface area contributed by atoms with E-state index >= 15 is 0 Å². The summed E-state index contributed by atoms with van der Waals surface area (Å²) in [4.78, 5) is 26.4. The molecule has 1 aliphatic rings. The van der Waals surface area contributed by atoms with Gasteiger partial charge in [0.1, 0.15) is 5.75 Å². The average molecular weight is 330 g/mol. The van der Waals surface area contributed by atoms with Gasteiger partial charge in [-0.1, -0.05) is 6.07 Å². The molecule has 2 heterocycles. The molecule has 1 aliphatic heterocycles. The van der Waals surface area contributed by atoms with Crippen LogP contribution in [0.4, 0.5) is 0 Å². The SMILES string of the molecule is COCCn1ccc2c(OCC(=O)N3CCCC3)cccc2c1=O. The number of benzene rings is 1. The molecule has 6 nitrogen and oxygen atoms in total. The van der Waals surface area contributed by atoms with Crippen LogP contribution in [-0.4, -0.2) is 48.8 Å². The lowest BCUT2D eigenvalue weighted by atomic mass is 10.1. The number of rotatable bonds is 6. The van der Waals surface area contributed by atoms with Gasteiger partial charge in [0.05, 0.1) is 12.0 Å². The van der Waals surface area contributed by atoms with E-state index in [1.165, 1.54) is 0 Å². The van der Waals surface area contributed by atoms with Crippen LogP contribution in [0.1, 0.15) is 12.8 Å². The maximum absolute atomic E-state index is 12.5. The fourth-order valence-corrected chi connectivity index (χ4v) is 2.98. The standard InChI is InChI=1S/C18H22N2O4/c1-23-12-11-20-10-7-14-15(18(20)22)5-4-6-16(14)24-13-17(21)19-8-2-3-9-19/h4-7,10H,2-3,8-9,11-13H2,1H3. The second kappa shape index (κ2) is 7.49. The Morgan fingerprint density at radius 2 is 1.96 bits per heavy atom. The number of pyridine rings is 1. The number of nitrogens with zero attached hydrogens (tertiary/aromatic N) is 2. The lowest BCUT2D eigenvalue weighted by molar-refractivity contribution is -0.132. The second-order valence-electron chi connectivity index (χ2n) is 5.90. The lowest BCUT2D eigenvalue weighted by Gasteiger charge is -2.16. The normalized spacial score (nSPS) is 14.3. The predicted molar refractivity (Wildman–Crippen MR) is 91.4 cm³/mol. The van der Waals surface area contributed by atoms with Gasteiger partial charge in [-0.25, -0.2) is 0 Å². The highest BCUT2D eigenvalue weighted by molar-refractivity contribution is 5.88. The van der Waals surface area contributed by atoms with Crippen molar-refractivity contribution in [2.75, 3.05) is 33.4 Å². The molecule has 1 aromatic carbocycles. The van der Waals surface area contributed by atoms with Crippen molar-refractivity contribution in [1.29, 1.82) is 0 Å². The molecule has 1 saturated heterocycles. The first-order valence-electron chi connectivity index (χ1n) is 8.22. The number of hydrogen-bond acceptors (Lipinski definition) is 4. The first kappa shape index (κ1) is 16.5. The van der Waals surface area contributed by atoms with Gasteiger partial charge in [0.15, 0.2) is 6.61 Å². The molecule has 0 unspecified atom stereocenters. The van der Waals surface area contributed by atoms with E-state index in [0.29, 0.717) is 24.3 Å². The molecule has 128 valence electrons. The molecule has 0 radical (unpaired) electrons. The van der Waals surface area contributed by atoms with Gasteiger partial charge in [-0.05, 0) is 31.0 Å². The third kappa shape index (κ3) is 3.43. The molecule has 0 aliphatic carbocycles. The van der Waals surface area contributed by atoms with Crippen LogP contribution in [0.5, 0.6) is 5.75 Å². The molecule has 0 spiro atoms. The Kier molecular flexibility index (Phi) is 5.15. The number of fused-ring (bicyclic) bond motifs is 1. The average Bonchev–Trinajstić information content (AvgIpc) is 3.14. The van der Waals surface area contributed by atoms with Crippen molar-refractivity contribution in [2.24, 2.45) is 0 Å². The summed E-state index contributed by atoms with van der Waals surface area (Å²) < 4.78 is 12.3. The number of carbonyl (C=O) groups is 1. The van der Waals surface area contributed by atoms with Crippen molar-refractivity contribution in [2.45, 2.75) is 19.4 Å². The summed E-state index contributed by atoms with van der Waals surface area (Å²) in [5, 5.41) is 1.31.